The molecule has 0 aromatic carbocycles. The highest BCUT2D eigenvalue weighted by atomic mass is 35.5. The number of aromatic nitrogens is 2. The first-order chi connectivity index (χ1) is 12.0. The SMILES string of the molecule is C[C@H](CCS(C)(=O)=O)Oc1nc(Cl)cc2c(C(C)(C)N=[N+]=[N-])cncc12. The molecule has 8 nitrogen and oxygen atoms in total. The summed E-state index contributed by atoms with van der Waals surface area (Å²) in [7, 11) is -3.08. The van der Waals surface area contributed by atoms with Crippen LogP contribution in [0.15, 0.2) is 23.6 Å². The average Bonchev–Trinajstić information content (AvgIpc) is 2.51. The molecule has 26 heavy (non-hydrogen) atoms. The van der Waals surface area contributed by atoms with Crippen LogP contribution in [0.2, 0.25) is 5.15 Å². The van der Waals surface area contributed by atoms with Gasteiger partial charge in [-0.15, -0.1) is 0 Å². The smallest absolute Gasteiger partial charge is 0.224 e. The van der Waals surface area contributed by atoms with Crippen LogP contribution in [-0.4, -0.2) is 36.5 Å². The summed E-state index contributed by atoms with van der Waals surface area (Å²) in [5.74, 6) is 0.277. The first-order valence-corrected chi connectivity index (χ1v) is 10.3. The van der Waals surface area contributed by atoms with Crippen LogP contribution in [0.5, 0.6) is 5.88 Å². The number of fused-ring (bicyclic) bond motifs is 1. The normalized spacial score (nSPS) is 13.3. The van der Waals surface area contributed by atoms with Crippen LogP contribution in [0.1, 0.15) is 32.8 Å². The minimum Gasteiger partial charge on any atom is -0.474 e. The zero-order chi connectivity index (χ0) is 19.5. The summed E-state index contributed by atoms with van der Waals surface area (Å²) in [6.07, 6.45) is 4.33. The van der Waals surface area contributed by atoms with Crippen molar-refractivity contribution >= 4 is 32.2 Å². The molecule has 0 spiro atoms. The van der Waals surface area contributed by atoms with Gasteiger partial charge in [-0.05, 0) is 35.9 Å². The van der Waals surface area contributed by atoms with Crippen LogP contribution in [0.3, 0.4) is 0 Å². The van der Waals surface area contributed by atoms with Gasteiger partial charge < -0.3 is 4.74 Å². The largest absolute Gasteiger partial charge is 0.474 e. The highest BCUT2D eigenvalue weighted by molar-refractivity contribution is 7.90. The van der Waals surface area contributed by atoms with Crippen molar-refractivity contribution in [2.24, 2.45) is 5.11 Å². The summed E-state index contributed by atoms with van der Waals surface area (Å²) in [6, 6.07) is 1.66. The Hall–Kier alpha value is -2.09. The molecular formula is C16H20ClN5O3S. The molecule has 0 saturated heterocycles. The molecule has 2 aromatic heterocycles. The maximum atomic E-state index is 11.3. The van der Waals surface area contributed by atoms with Gasteiger partial charge in [-0.2, -0.15) is 0 Å². The number of pyridine rings is 2. The third-order valence-electron chi connectivity index (χ3n) is 3.85. The molecule has 0 saturated carbocycles. The van der Waals surface area contributed by atoms with Crippen LogP contribution in [0.25, 0.3) is 21.2 Å². The fraction of sp³-hybridized carbons (Fsp3) is 0.500. The van der Waals surface area contributed by atoms with Gasteiger partial charge in [0.05, 0.1) is 22.8 Å². The molecule has 10 heteroatoms. The second-order valence-corrected chi connectivity index (χ2v) is 9.27. The number of hydrogen-bond donors (Lipinski definition) is 0. The predicted molar refractivity (Wildman–Crippen MR) is 101 cm³/mol. The maximum Gasteiger partial charge on any atom is 0.224 e. The minimum absolute atomic E-state index is 0.0140. The van der Waals surface area contributed by atoms with E-state index in [2.05, 4.69) is 20.0 Å². The quantitative estimate of drug-likeness (QED) is 0.302. The third kappa shape index (κ3) is 4.97. The van der Waals surface area contributed by atoms with Crippen molar-refractivity contribution in [3.05, 3.63) is 39.6 Å². The Kier molecular flexibility index (Phi) is 5.95. The molecule has 0 aliphatic rings. The zero-order valence-electron chi connectivity index (χ0n) is 15.0. The van der Waals surface area contributed by atoms with E-state index < -0.39 is 15.4 Å². The Morgan fingerprint density at radius 1 is 1.38 bits per heavy atom. The molecule has 0 aliphatic carbocycles. The predicted octanol–water partition coefficient (Wildman–Crippen LogP) is 4.03. The van der Waals surface area contributed by atoms with Crippen LogP contribution in [0, 0.1) is 0 Å². The van der Waals surface area contributed by atoms with Crippen LogP contribution < -0.4 is 4.74 Å². The fourth-order valence-electron chi connectivity index (χ4n) is 2.48. The van der Waals surface area contributed by atoms with Gasteiger partial charge in [-0.25, -0.2) is 13.4 Å². The van der Waals surface area contributed by atoms with E-state index in [0.717, 1.165) is 0 Å². The Balaban J connectivity index is 2.47. The van der Waals surface area contributed by atoms with Crippen LogP contribution >= 0.6 is 11.6 Å². The summed E-state index contributed by atoms with van der Waals surface area (Å²) in [4.78, 5) is 11.3. The van der Waals surface area contributed by atoms with E-state index >= 15 is 0 Å². The first-order valence-electron chi connectivity index (χ1n) is 7.89. The van der Waals surface area contributed by atoms with Crippen molar-refractivity contribution in [3.8, 4) is 5.88 Å². The lowest BCUT2D eigenvalue weighted by Crippen LogP contribution is -2.18. The maximum absolute atomic E-state index is 11.3. The molecule has 0 N–H and O–H groups in total. The lowest BCUT2D eigenvalue weighted by Gasteiger charge is -2.21. The topological polar surface area (TPSA) is 118 Å². The molecule has 2 heterocycles. The fourth-order valence-corrected chi connectivity index (χ4v) is 3.42. The van der Waals surface area contributed by atoms with E-state index in [1.807, 2.05) is 0 Å². The zero-order valence-corrected chi connectivity index (χ0v) is 16.5. The second kappa shape index (κ2) is 7.65. The molecule has 2 rings (SSSR count). The van der Waals surface area contributed by atoms with E-state index in [1.165, 1.54) is 6.26 Å². The van der Waals surface area contributed by atoms with E-state index in [0.29, 0.717) is 22.8 Å². The van der Waals surface area contributed by atoms with Gasteiger partial charge in [-0.3, -0.25) is 4.98 Å². The van der Waals surface area contributed by atoms with Crippen molar-refractivity contribution in [2.75, 3.05) is 12.0 Å². The molecule has 2 aromatic rings. The lowest BCUT2D eigenvalue weighted by atomic mass is 9.93. The third-order valence-corrected chi connectivity index (χ3v) is 5.02. The van der Waals surface area contributed by atoms with E-state index in [4.69, 9.17) is 21.9 Å². The molecule has 0 bridgehead atoms. The lowest BCUT2D eigenvalue weighted by molar-refractivity contribution is 0.212. The molecule has 0 fully saturated rings. The highest BCUT2D eigenvalue weighted by Gasteiger charge is 2.24. The van der Waals surface area contributed by atoms with E-state index in [-0.39, 0.29) is 22.9 Å². The summed E-state index contributed by atoms with van der Waals surface area (Å²) in [5.41, 5.74) is 8.66. The van der Waals surface area contributed by atoms with Crippen molar-refractivity contribution in [1.82, 2.24) is 9.97 Å². The number of azide groups is 1. The minimum atomic E-state index is -3.08. The summed E-state index contributed by atoms with van der Waals surface area (Å²) in [6.45, 7) is 5.31. The first kappa shape index (κ1) is 20.2. The van der Waals surface area contributed by atoms with Crippen LogP contribution in [-0.2, 0) is 15.4 Å². The Morgan fingerprint density at radius 2 is 2.08 bits per heavy atom. The average molecular weight is 398 g/mol. The van der Waals surface area contributed by atoms with Crippen molar-refractivity contribution in [2.45, 2.75) is 38.8 Å². The number of halogens is 1. The van der Waals surface area contributed by atoms with Gasteiger partial charge in [0, 0.05) is 23.6 Å². The number of ether oxygens (including phenoxy) is 1. The molecule has 0 amide bonds. The number of rotatable bonds is 7. The van der Waals surface area contributed by atoms with E-state index in [1.54, 1.807) is 39.2 Å². The number of sulfone groups is 1. The highest BCUT2D eigenvalue weighted by Crippen LogP contribution is 2.35. The second-order valence-electron chi connectivity index (χ2n) is 6.63. The molecule has 0 radical (unpaired) electrons. The molecule has 1 atom stereocenters. The Labute approximate surface area is 157 Å². The summed E-state index contributed by atoms with van der Waals surface area (Å²) < 4.78 is 28.5. The number of hydrogen-bond acceptors (Lipinski definition) is 6. The van der Waals surface area contributed by atoms with Gasteiger partial charge in [0.2, 0.25) is 5.88 Å². The van der Waals surface area contributed by atoms with Crippen molar-refractivity contribution < 1.29 is 13.2 Å². The molecule has 0 unspecified atom stereocenters. The van der Waals surface area contributed by atoms with Gasteiger partial charge in [-0.1, -0.05) is 30.6 Å². The molecule has 140 valence electrons. The van der Waals surface area contributed by atoms with E-state index in [9.17, 15) is 8.42 Å². The molecular weight excluding hydrogens is 378 g/mol. The monoisotopic (exact) mass is 397 g/mol. The summed E-state index contributed by atoms with van der Waals surface area (Å²) >= 11 is 6.15. The standard InChI is InChI=1S/C16H20ClN5O3S/c1-10(5-6-26(4,23)24)25-15-12-8-19-9-13(16(2,3)21-22-18)11(12)7-14(17)20-15/h7-10H,5-6H2,1-4H3/t10-/m1/s1. The van der Waals surface area contributed by atoms with Gasteiger partial charge in [0.1, 0.15) is 15.0 Å². The Bertz CT molecular complexity index is 971. The van der Waals surface area contributed by atoms with Gasteiger partial charge in [0.15, 0.2) is 0 Å². The Morgan fingerprint density at radius 3 is 2.69 bits per heavy atom. The van der Waals surface area contributed by atoms with Crippen molar-refractivity contribution in [1.29, 1.82) is 0 Å². The van der Waals surface area contributed by atoms with Crippen LogP contribution in [0.4, 0.5) is 0 Å². The van der Waals surface area contributed by atoms with Gasteiger partial charge >= 0.3 is 0 Å². The molecule has 0 aliphatic heterocycles. The summed E-state index contributed by atoms with van der Waals surface area (Å²) in [5, 5.41) is 5.36. The van der Waals surface area contributed by atoms with Gasteiger partial charge in [0.25, 0.3) is 0 Å². The van der Waals surface area contributed by atoms with Crippen molar-refractivity contribution in [3.63, 3.8) is 0 Å². The number of nitrogens with zero attached hydrogens (tertiary/aromatic N) is 5.